The molecule has 132 valence electrons. The number of carbonyl (C=O) groups excluding carboxylic acids is 2. The second-order valence-electron chi connectivity index (χ2n) is 5.70. The van der Waals surface area contributed by atoms with E-state index in [1.54, 1.807) is 44.6 Å². The molecule has 6 nitrogen and oxygen atoms in total. The standard InChI is InChI=1S/C19H22N2O4/c1-12(16-9-8-15(24-2)11-17(16)25-3)10-18(22)21-14-6-4-13(5-7-14)19(20)23/h4-9,11-12H,10H2,1-3H3,(H2,20,23)(H,21,22). The van der Waals surface area contributed by atoms with Crippen LogP contribution in [0.3, 0.4) is 0 Å². The van der Waals surface area contributed by atoms with Crippen molar-refractivity contribution < 1.29 is 19.1 Å². The van der Waals surface area contributed by atoms with Crippen LogP contribution in [0.1, 0.15) is 35.2 Å². The van der Waals surface area contributed by atoms with E-state index in [9.17, 15) is 9.59 Å². The number of anilines is 1. The molecule has 0 bridgehead atoms. The van der Waals surface area contributed by atoms with Crippen molar-refractivity contribution in [3.05, 3.63) is 53.6 Å². The topological polar surface area (TPSA) is 90.6 Å². The number of primary amides is 1. The molecule has 2 aromatic rings. The van der Waals surface area contributed by atoms with E-state index in [1.807, 2.05) is 19.1 Å². The Morgan fingerprint density at radius 3 is 2.32 bits per heavy atom. The maximum absolute atomic E-state index is 12.3. The maximum Gasteiger partial charge on any atom is 0.248 e. The Morgan fingerprint density at radius 2 is 1.76 bits per heavy atom. The molecule has 0 saturated heterocycles. The highest BCUT2D eigenvalue weighted by atomic mass is 16.5. The van der Waals surface area contributed by atoms with E-state index in [1.165, 1.54) is 0 Å². The summed E-state index contributed by atoms with van der Waals surface area (Å²) in [6.07, 6.45) is 0.292. The minimum absolute atomic E-state index is 0.0363. The average Bonchev–Trinajstić information content (AvgIpc) is 2.61. The lowest BCUT2D eigenvalue weighted by atomic mass is 9.96. The fraction of sp³-hybridized carbons (Fsp3) is 0.263. The van der Waals surface area contributed by atoms with Crippen molar-refractivity contribution in [1.29, 1.82) is 0 Å². The minimum atomic E-state index is -0.502. The molecular weight excluding hydrogens is 320 g/mol. The van der Waals surface area contributed by atoms with Crippen molar-refractivity contribution in [1.82, 2.24) is 0 Å². The van der Waals surface area contributed by atoms with Crippen molar-refractivity contribution in [2.24, 2.45) is 5.73 Å². The van der Waals surface area contributed by atoms with Gasteiger partial charge in [0, 0.05) is 23.7 Å². The summed E-state index contributed by atoms with van der Waals surface area (Å²) in [5.41, 5.74) is 7.14. The van der Waals surface area contributed by atoms with Gasteiger partial charge in [-0.15, -0.1) is 0 Å². The summed E-state index contributed by atoms with van der Waals surface area (Å²) < 4.78 is 10.6. The van der Waals surface area contributed by atoms with Crippen molar-refractivity contribution in [3.63, 3.8) is 0 Å². The quantitative estimate of drug-likeness (QED) is 0.809. The third-order valence-corrected chi connectivity index (χ3v) is 3.92. The average molecular weight is 342 g/mol. The molecular formula is C19H22N2O4. The summed E-state index contributed by atoms with van der Waals surface area (Å²) in [7, 11) is 3.18. The van der Waals surface area contributed by atoms with Crippen LogP contribution in [-0.2, 0) is 4.79 Å². The maximum atomic E-state index is 12.3. The van der Waals surface area contributed by atoms with Gasteiger partial charge in [0.2, 0.25) is 11.8 Å². The van der Waals surface area contributed by atoms with Crippen LogP contribution in [0.15, 0.2) is 42.5 Å². The Hall–Kier alpha value is -3.02. The largest absolute Gasteiger partial charge is 0.497 e. The molecule has 0 saturated carbocycles. The van der Waals surface area contributed by atoms with E-state index in [4.69, 9.17) is 15.2 Å². The Kier molecular flexibility index (Phi) is 6.00. The molecule has 0 aliphatic carbocycles. The van der Waals surface area contributed by atoms with Gasteiger partial charge in [-0.1, -0.05) is 13.0 Å². The van der Waals surface area contributed by atoms with Crippen LogP contribution in [0.25, 0.3) is 0 Å². The van der Waals surface area contributed by atoms with Gasteiger partial charge in [-0.05, 0) is 41.8 Å². The van der Waals surface area contributed by atoms with Gasteiger partial charge in [-0.25, -0.2) is 0 Å². The minimum Gasteiger partial charge on any atom is -0.497 e. The highest BCUT2D eigenvalue weighted by Gasteiger charge is 2.16. The summed E-state index contributed by atoms with van der Waals surface area (Å²) >= 11 is 0. The van der Waals surface area contributed by atoms with Crippen LogP contribution in [-0.4, -0.2) is 26.0 Å². The Morgan fingerprint density at radius 1 is 1.08 bits per heavy atom. The highest BCUT2D eigenvalue weighted by molar-refractivity contribution is 5.95. The Balaban J connectivity index is 2.03. The van der Waals surface area contributed by atoms with Gasteiger partial charge in [0.25, 0.3) is 0 Å². The number of hydrogen-bond acceptors (Lipinski definition) is 4. The lowest BCUT2D eigenvalue weighted by molar-refractivity contribution is -0.116. The van der Waals surface area contributed by atoms with Gasteiger partial charge in [0.1, 0.15) is 11.5 Å². The second-order valence-corrected chi connectivity index (χ2v) is 5.70. The van der Waals surface area contributed by atoms with E-state index in [2.05, 4.69) is 5.32 Å². The summed E-state index contributed by atoms with van der Waals surface area (Å²) in [5, 5.41) is 2.81. The first-order valence-corrected chi connectivity index (χ1v) is 7.86. The van der Waals surface area contributed by atoms with Gasteiger partial charge in [-0.3, -0.25) is 9.59 Å². The molecule has 0 aliphatic rings. The number of rotatable bonds is 7. The number of nitrogens with two attached hydrogens (primary N) is 1. The zero-order valence-corrected chi connectivity index (χ0v) is 14.5. The molecule has 0 fully saturated rings. The molecule has 1 atom stereocenters. The predicted molar refractivity (Wildman–Crippen MR) is 96.2 cm³/mol. The summed E-state index contributed by atoms with van der Waals surface area (Å²) in [6.45, 7) is 1.96. The molecule has 0 spiro atoms. The van der Waals surface area contributed by atoms with Crippen molar-refractivity contribution in [2.45, 2.75) is 19.3 Å². The van der Waals surface area contributed by atoms with Gasteiger partial charge in [0.15, 0.2) is 0 Å². The van der Waals surface area contributed by atoms with Gasteiger partial charge >= 0.3 is 0 Å². The molecule has 25 heavy (non-hydrogen) atoms. The van der Waals surface area contributed by atoms with Crippen LogP contribution in [0.2, 0.25) is 0 Å². The van der Waals surface area contributed by atoms with Gasteiger partial charge < -0.3 is 20.5 Å². The van der Waals surface area contributed by atoms with E-state index in [0.717, 1.165) is 5.56 Å². The third-order valence-electron chi connectivity index (χ3n) is 3.92. The highest BCUT2D eigenvalue weighted by Crippen LogP contribution is 2.32. The molecule has 0 aliphatic heterocycles. The first kappa shape index (κ1) is 18.3. The zero-order valence-electron chi connectivity index (χ0n) is 14.5. The molecule has 0 aromatic heterocycles. The van der Waals surface area contributed by atoms with Crippen LogP contribution < -0.4 is 20.5 Å². The smallest absolute Gasteiger partial charge is 0.248 e. The molecule has 2 aromatic carbocycles. The van der Waals surface area contributed by atoms with Crippen molar-refractivity contribution >= 4 is 17.5 Å². The van der Waals surface area contributed by atoms with Crippen LogP contribution in [0, 0.1) is 0 Å². The lowest BCUT2D eigenvalue weighted by Crippen LogP contribution is -2.15. The fourth-order valence-corrected chi connectivity index (χ4v) is 2.54. The SMILES string of the molecule is COc1ccc(C(C)CC(=O)Nc2ccc(C(N)=O)cc2)c(OC)c1. The van der Waals surface area contributed by atoms with Crippen molar-refractivity contribution in [3.8, 4) is 11.5 Å². The number of nitrogens with one attached hydrogen (secondary N) is 1. The number of amides is 2. The Labute approximate surface area is 146 Å². The second kappa shape index (κ2) is 8.19. The third kappa shape index (κ3) is 4.73. The van der Waals surface area contributed by atoms with Crippen LogP contribution in [0.4, 0.5) is 5.69 Å². The first-order chi connectivity index (χ1) is 11.9. The summed E-state index contributed by atoms with van der Waals surface area (Å²) in [5.74, 6) is 0.721. The van der Waals surface area contributed by atoms with Crippen LogP contribution >= 0.6 is 0 Å². The number of methoxy groups -OCH3 is 2. The molecule has 6 heteroatoms. The summed E-state index contributed by atoms with van der Waals surface area (Å²) in [6, 6.07) is 12.0. The molecule has 2 amide bonds. The van der Waals surface area contributed by atoms with E-state index in [-0.39, 0.29) is 11.8 Å². The normalized spacial score (nSPS) is 11.5. The van der Waals surface area contributed by atoms with Gasteiger partial charge in [-0.2, -0.15) is 0 Å². The van der Waals surface area contributed by atoms with Crippen LogP contribution in [0.5, 0.6) is 11.5 Å². The van der Waals surface area contributed by atoms with E-state index < -0.39 is 5.91 Å². The first-order valence-electron chi connectivity index (χ1n) is 7.86. The van der Waals surface area contributed by atoms with E-state index in [0.29, 0.717) is 29.2 Å². The Bertz CT molecular complexity index is 757. The lowest BCUT2D eigenvalue weighted by Gasteiger charge is -2.16. The van der Waals surface area contributed by atoms with E-state index >= 15 is 0 Å². The molecule has 1 unspecified atom stereocenters. The summed E-state index contributed by atoms with van der Waals surface area (Å²) in [4.78, 5) is 23.3. The van der Waals surface area contributed by atoms with Crippen molar-refractivity contribution in [2.75, 3.05) is 19.5 Å². The number of benzene rings is 2. The monoisotopic (exact) mass is 342 g/mol. The predicted octanol–water partition coefficient (Wildman–Crippen LogP) is 2.94. The number of hydrogen-bond donors (Lipinski definition) is 2. The number of ether oxygens (including phenoxy) is 2. The molecule has 2 rings (SSSR count). The van der Waals surface area contributed by atoms with Gasteiger partial charge in [0.05, 0.1) is 14.2 Å². The fourth-order valence-electron chi connectivity index (χ4n) is 2.54. The molecule has 0 heterocycles. The molecule has 0 radical (unpaired) electrons. The zero-order chi connectivity index (χ0) is 18.4. The molecule has 3 N–H and O–H groups in total. The number of carbonyl (C=O) groups is 2.